The Labute approximate surface area is 246 Å². The molecular weight excluding hydrogens is 532 g/mol. The molecule has 2 aromatic carbocycles. The summed E-state index contributed by atoms with van der Waals surface area (Å²) in [4.78, 5) is 17.7. The summed E-state index contributed by atoms with van der Waals surface area (Å²) in [6.45, 7) is 15.0. The van der Waals surface area contributed by atoms with E-state index in [0.29, 0.717) is 38.0 Å². The molecule has 0 spiro atoms. The molecule has 2 fully saturated rings. The van der Waals surface area contributed by atoms with E-state index in [1.54, 1.807) is 11.0 Å². The normalized spacial score (nSPS) is 20.7. The van der Waals surface area contributed by atoms with Gasteiger partial charge in [0.15, 0.2) is 0 Å². The van der Waals surface area contributed by atoms with Crippen molar-refractivity contribution in [3.05, 3.63) is 59.4 Å². The molecule has 2 aliphatic rings. The predicted molar refractivity (Wildman–Crippen MR) is 157 cm³/mol. The summed E-state index contributed by atoms with van der Waals surface area (Å²) < 4.78 is 13.3. The van der Waals surface area contributed by atoms with Crippen LogP contribution in [0, 0.1) is 11.8 Å². The number of benzene rings is 2. The van der Waals surface area contributed by atoms with Crippen molar-refractivity contribution >= 4 is 16.9 Å². The van der Waals surface area contributed by atoms with Crippen molar-refractivity contribution in [3.63, 3.8) is 0 Å². The second kappa shape index (κ2) is 11.5. The molecule has 1 unspecified atom stereocenters. The maximum Gasteiger partial charge on any atom is 0.227 e. The SMILES string of the molecule is CCC(C(C)C)C(C)(C)c1cc([C@@H]2CN3CCN(C(=O)Cc4ccc(-n5cnnn5)cc4)C[C@H]3CO2)cc2nonc12. The van der Waals surface area contributed by atoms with Gasteiger partial charge in [-0.05, 0) is 72.9 Å². The minimum absolute atomic E-state index is 0.0722. The average molecular weight is 573 g/mol. The average Bonchev–Trinajstić information content (AvgIpc) is 3.69. The molecule has 0 radical (unpaired) electrons. The van der Waals surface area contributed by atoms with Crippen LogP contribution in [0.1, 0.15) is 63.8 Å². The second-order valence-electron chi connectivity index (χ2n) is 12.6. The number of carbonyl (C=O) groups is 1. The standard InChI is InChI=1S/C31H40N8O3/c1-6-25(20(2)3)31(4,5)26-14-22(15-27-30(26)34-42-33-27)28-17-37-11-12-38(16-24(37)18-41-28)29(40)13-21-7-9-23(10-8-21)39-19-32-35-36-39/h7-10,14-15,19-20,24-25,28H,6,11-13,16-18H2,1-5H3/t24-,25?,28-/m0/s1. The quantitative estimate of drug-likeness (QED) is 0.309. The van der Waals surface area contributed by atoms with Gasteiger partial charge >= 0.3 is 0 Å². The number of hydrogen-bond acceptors (Lipinski definition) is 9. The molecule has 2 saturated heterocycles. The molecule has 2 aromatic heterocycles. The summed E-state index contributed by atoms with van der Waals surface area (Å²) in [6.07, 6.45) is 2.93. The molecular formula is C31H40N8O3. The van der Waals surface area contributed by atoms with Gasteiger partial charge in [-0.25, -0.2) is 9.31 Å². The van der Waals surface area contributed by atoms with E-state index in [0.717, 1.165) is 47.4 Å². The van der Waals surface area contributed by atoms with Gasteiger partial charge in [0.25, 0.3) is 0 Å². The molecule has 1 amide bonds. The molecule has 222 valence electrons. The Morgan fingerprint density at radius 2 is 1.90 bits per heavy atom. The predicted octanol–water partition coefficient (Wildman–Crippen LogP) is 3.99. The molecule has 0 N–H and O–H groups in total. The van der Waals surface area contributed by atoms with Gasteiger partial charge in [0.1, 0.15) is 17.4 Å². The summed E-state index contributed by atoms with van der Waals surface area (Å²) in [5.74, 6) is 1.16. The fourth-order valence-electron chi connectivity index (χ4n) is 7.15. The lowest BCUT2D eigenvalue weighted by molar-refractivity contribution is -0.139. The Balaban J connectivity index is 1.12. The van der Waals surface area contributed by atoms with Crippen molar-refractivity contribution in [2.45, 2.75) is 65.0 Å². The number of hydrogen-bond donors (Lipinski definition) is 0. The number of piperazine rings is 1. The highest BCUT2D eigenvalue weighted by molar-refractivity contribution is 5.80. The molecule has 3 atom stereocenters. The number of ether oxygens (including phenoxy) is 1. The summed E-state index contributed by atoms with van der Waals surface area (Å²) in [6, 6.07) is 12.3. The van der Waals surface area contributed by atoms with Crippen molar-refractivity contribution in [3.8, 4) is 5.69 Å². The molecule has 2 aliphatic heterocycles. The molecule has 6 rings (SSSR count). The number of amides is 1. The third-order valence-corrected chi connectivity index (χ3v) is 9.37. The lowest BCUT2D eigenvalue weighted by Crippen LogP contribution is -2.59. The van der Waals surface area contributed by atoms with Crippen LogP contribution in [0.4, 0.5) is 0 Å². The zero-order valence-electron chi connectivity index (χ0n) is 25.1. The van der Waals surface area contributed by atoms with E-state index in [4.69, 9.17) is 9.37 Å². The molecule has 4 aromatic rings. The van der Waals surface area contributed by atoms with Gasteiger partial charge in [-0.15, -0.1) is 5.10 Å². The lowest BCUT2D eigenvalue weighted by atomic mass is 9.67. The number of rotatable bonds is 8. The Kier molecular flexibility index (Phi) is 7.80. The Hall–Kier alpha value is -3.70. The lowest BCUT2D eigenvalue weighted by Gasteiger charge is -2.46. The van der Waals surface area contributed by atoms with Gasteiger partial charge in [-0.2, -0.15) is 0 Å². The van der Waals surface area contributed by atoms with Crippen LogP contribution < -0.4 is 0 Å². The Bertz CT molecular complexity index is 1510. The Morgan fingerprint density at radius 1 is 1.10 bits per heavy atom. The van der Waals surface area contributed by atoms with E-state index < -0.39 is 0 Å². The maximum absolute atomic E-state index is 13.2. The van der Waals surface area contributed by atoms with E-state index in [1.807, 2.05) is 29.2 Å². The number of morpholine rings is 1. The maximum atomic E-state index is 13.2. The molecule has 42 heavy (non-hydrogen) atoms. The smallest absolute Gasteiger partial charge is 0.227 e. The van der Waals surface area contributed by atoms with Crippen LogP contribution in [0.25, 0.3) is 16.7 Å². The van der Waals surface area contributed by atoms with E-state index >= 15 is 0 Å². The first-order valence-corrected chi connectivity index (χ1v) is 15.0. The third kappa shape index (κ3) is 5.43. The summed E-state index contributed by atoms with van der Waals surface area (Å²) >= 11 is 0. The summed E-state index contributed by atoms with van der Waals surface area (Å²) in [5, 5.41) is 19.8. The number of aromatic nitrogens is 6. The van der Waals surface area contributed by atoms with Crippen LogP contribution in [0.5, 0.6) is 0 Å². The number of nitrogens with zero attached hydrogens (tertiary/aromatic N) is 8. The van der Waals surface area contributed by atoms with Crippen molar-refractivity contribution < 1.29 is 14.2 Å². The zero-order chi connectivity index (χ0) is 29.4. The number of fused-ring (bicyclic) bond motifs is 2. The molecule has 0 bridgehead atoms. The van der Waals surface area contributed by atoms with Gasteiger partial charge in [0, 0.05) is 26.2 Å². The zero-order valence-corrected chi connectivity index (χ0v) is 25.1. The van der Waals surface area contributed by atoms with Crippen LogP contribution in [-0.4, -0.2) is 85.1 Å². The summed E-state index contributed by atoms with van der Waals surface area (Å²) in [5.41, 5.74) is 5.63. The van der Waals surface area contributed by atoms with Gasteiger partial charge in [0.2, 0.25) is 5.91 Å². The fourth-order valence-corrected chi connectivity index (χ4v) is 7.15. The van der Waals surface area contributed by atoms with Crippen LogP contribution in [0.15, 0.2) is 47.4 Å². The van der Waals surface area contributed by atoms with Crippen molar-refractivity contribution in [1.82, 2.24) is 40.3 Å². The van der Waals surface area contributed by atoms with E-state index in [9.17, 15) is 4.79 Å². The van der Waals surface area contributed by atoms with Gasteiger partial charge in [-0.3, -0.25) is 9.69 Å². The highest BCUT2D eigenvalue weighted by Gasteiger charge is 2.38. The van der Waals surface area contributed by atoms with Crippen LogP contribution >= 0.6 is 0 Å². The van der Waals surface area contributed by atoms with Crippen LogP contribution in [0.2, 0.25) is 0 Å². The van der Waals surface area contributed by atoms with Gasteiger partial charge in [0.05, 0.1) is 30.9 Å². The number of tetrazole rings is 1. The number of carbonyl (C=O) groups excluding carboxylic acids is 1. The van der Waals surface area contributed by atoms with E-state index in [1.165, 1.54) is 5.56 Å². The first-order valence-electron chi connectivity index (χ1n) is 15.0. The largest absolute Gasteiger partial charge is 0.370 e. The third-order valence-electron chi connectivity index (χ3n) is 9.37. The topological polar surface area (TPSA) is 115 Å². The van der Waals surface area contributed by atoms with E-state index in [-0.39, 0.29) is 23.5 Å². The molecule has 11 heteroatoms. The minimum atomic E-state index is -0.104. The first kappa shape index (κ1) is 28.4. The van der Waals surface area contributed by atoms with Gasteiger partial charge < -0.3 is 9.64 Å². The molecule has 0 aliphatic carbocycles. The minimum Gasteiger partial charge on any atom is -0.370 e. The first-order chi connectivity index (χ1) is 20.2. The monoisotopic (exact) mass is 572 g/mol. The highest BCUT2D eigenvalue weighted by atomic mass is 16.6. The molecule has 0 saturated carbocycles. The van der Waals surface area contributed by atoms with Crippen molar-refractivity contribution in [1.29, 1.82) is 0 Å². The van der Waals surface area contributed by atoms with E-state index in [2.05, 4.69) is 77.5 Å². The Morgan fingerprint density at radius 3 is 2.62 bits per heavy atom. The van der Waals surface area contributed by atoms with Crippen molar-refractivity contribution in [2.24, 2.45) is 11.8 Å². The van der Waals surface area contributed by atoms with Crippen LogP contribution in [0.3, 0.4) is 0 Å². The van der Waals surface area contributed by atoms with Gasteiger partial charge in [-0.1, -0.05) is 59.2 Å². The summed E-state index contributed by atoms with van der Waals surface area (Å²) in [7, 11) is 0. The fraction of sp³-hybridized carbons (Fsp3) is 0.548. The van der Waals surface area contributed by atoms with Crippen molar-refractivity contribution in [2.75, 3.05) is 32.8 Å². The second-order valence-corrected chi connectivity index (χ2v) is 12.6. The van der Waals surface area contributed by atoms with Crippen LogP contribution in [-0.2, 0) is 21.4 Å². The molecule has 4 heterocycles. The highest BCUT2D eigenvalue weighted by Crippen LogP contribution is 2.42. The molecule has 11 nitrogen and oxygen atoms in total.